The minimum atomic E-state index is -4.67. The summed E-state index contributed by atoms with van der Waals surface area (Å²) in [4.78, 5) is 14.6. The number of carboxylic acids is 1. The summed E-state index contributed by atoms with van der Waals surface area (Å²) in [6.45, 7) is 0.747. The maximum atomic E-state index is 13.2. The van der Waals surface area contributed by atoms with Crippen molar-refractivity contribution in [3.63, 3.8) is 0 Å². The first-order valence-electron chi connectivity index (χ1n) is 6.27. The largest absolute Gasteiger partial charge is 0.480 e. The molecule has 0 amide bonds. The summed E-state index contributed by atoms with van der Waals surface area (Å²) in [7, 11) is 1.29. The molecule has 6 nitrogen and oxygen atoms in total. The molecule has 0 aliphatic heterocycles. The van der Waals surface area contributed by atoms with Crippen LogP contribution in [0.2, 0.25) is 0 Å². The van der Waals surface area contributed by atoms with E-state index in [1.807, 2.05) is 0 Å². The molecule has 0 spiro atoms. The maximum absolute atomic E-state index is 13.2. The van der Waals surface area contributed by atoms with E-state index < -0.39 is 35.6 Å². The van der Waals surface area contributed by atoms with E-state index in [4.69, 9.17) is 9.84 Å². The number of ether oxygens (including phenoxy) is 1. The average Bonchev–Trinajstić information content (AvgIpc) is 2.77. The standard InChI is InChI=1S/C13H11F4N3O3/c1-6(13(15,16)17)23-9-5-7(3-4-8(9)11(21)22)10-18-12(14)20(2)19-10/h3-6H,1-2H3,(H,21,22)/t6-/m0/s1. The van der Waals surface area contributed by atoms with Gasteiger partial charge >= 0.3 is 18.2 Å². The van der Waals surface area contributed by atoms with Gasteiger partial charge in [-0.15, -0.1) is 5.10 Å². The van der Waals surface area contributed by atoms with E-state index in [9.17, 15) is 22.4 Å². The Hall–Kier alpha value is -2.65. The molecule has 1 heterocycles. The predicted molar refractivity (Wildman–Crippen MR) is 69.5 cm³/mol. The van der Waals surface area contributed by atoms with Gasteiger partial charge in [-0.1, -0.05) is 0 Å². The van der Waals surface area contributed by atoms with Gasteiger partial charge in [0, 0.05) is 12.6 Å². The Morgan fingerprint density at radius 1 is 1.39 bits per heavy atom. The Labute approximate surface area is 127 Å². The topological polar surface area (TPSA) is 77.2 Å². The molecule has 23 heavy (non-hydrogen) atoms. The van der Waals surface area contributed by atoms with Gasteiger partial charge < -0.3 is 9.84 Å². The van der Waals surface area contributed by atoms with Gasteiger partial charge in [0.05, 0.1) is 0 Å². The summed E-state index contributed by atoms with van der Waals surface area (Å²) in [5.41, 5.74) is -0.333. The van der Waals surface area contributed by atoms with Crippen molar-refractivity contribution in [3.8, 4) is 17.1 Å². The molecule has 2 aromatic rings. The number of aryl methyl sites for hydroxylation is 1. The second-order valence-corrected chi connectivity index (χ2v) is 4.65. The molecule has 0 fully saturated rings. The van der Waals surface area contributed by atoms with Crippen LogP contribution in [0.3, 0.4) is 0 Å². The van der Waals surface area contributed by atoms with Crippen LogP contribution in [-0.4, -0.2) is 38.1 Å². The average molecular weight is 333 g/mol. The van der Waals surface area contributed by atoms with Gasteiger partial charge in [0.2, 0.25) is 0 Å². The highest BCUT2D eigenvalue weighted by Crippen LogP contribution is 2.30. The van der Waals surface area contributed by atoms with E-state index in [0.29, 0.717) is 0 Å². The van der Waals surface area contributed by atoms with E-state index in [1.165, 1.54) is 13.1 Å². The van der Waals surface area contributed by atoms with Crippen molar-refractivity contribution in [1.29, 1.82) is 0 Å². The van der Waals surface area contributed by atoms with Crippen molar-refractivity contribution in [2.45, 2.75) is 19.2 Å². The smallest absolute Gasteiger partial charge is 0.425 e. The zero-order valence-corrected chi connectivity index (χ0v) is 11.9. The monoisotopic (exact) mass is 333 g/mol. The van der Waals surface area contributed by atoms with Crippen LogP contribution in [-0.2, 0) is 7.05 Å². The lowest BCUT2D eigenvalue weighted by Gasteiger charge is -2.19. The summed E-state index contributed by atoms with van der Waals surface area (Å²) in [6, 6.07) is 3.33. The highest BCUT2D eigenvalue weighted by Gasteiger charge is 2.38. The molecule has 1 N–H and O–H groups in total. The fourth-order valence-electron chi connectivity index (χ4n) is 1.68. The molecule has 1 aromatic heterocycles. The van der Waals surface area contributed by atoms with Gasteiger partial charge in [0.1, 0.15) is 11.3 Å². The minimum Gasteiger partial charge on any atom is -0.480 e. The van der Waals surface area contributed by atoms with Crippen LogP contribution in [0.5, 0.6) is 5.75 Å². The van der Waals surface area contributed by atoms with Gasteiger partial charge in [-0.2, -0.15) is 22.5 Å². The summed E-state index contributed by atoms with van der Waals surface area (Å²) in [5, 5.41) is 12.8. The van der Waals surface area contributed by atoms with Gasteiger partial charge in [-0.3, -0.25) is 0 Å². The lowest BCUT2D eigenvalue weighted by atomic mass is 10.1. The van der Waals surface area contributed by atoms with Crippen LogP contribution in [0.15, 0.2) is 18.2 Å². The third-order valence-electron chi connectivity index (χ3n) is 2.94. The number of carbonyl (C=O) groups is 1. The highest BCUT2D eigenvalue weighted by atomic mass is 19.4. The van der Waals surface area contributed by atoms with E-state index in [0.717, 1.165) is 23.7 Å². The van der Waals surface area contributed by atoms with Crippen LogP contribution in [0.4, 0.5) is 17.6 Å². The van der Waals surface area contributed by atoms with Crippen molar-refractivity contribution < 1.29 is 32.2 Å². The first-order chi connectivity index (χ1) is 10.6. The molecule has 0 aliphatic carbocycles. The number of hydrogen-bond donors (Lipinski definition) is 1. The molecule has 0 saturated heterocycles. The summed E-state index contributed by atoms with van der Waals surface area (Å²) < 4.78 is 56.5. The van der Waals surface area contributed by atoms with E-state index in [2.05, 4.69) is 10.1 Å². The van der Waals surface area contributed by atoms with Crippen LogP contribution in [0, 0.1) is 6.08 Å². The Balaban J connectivity index is 2.45. The lowest BCUT2D eigenvalue weighted by Crippen LogP contribution is -2.31. The van der Waals surface area contributed by atoms with E-state index in [1.54, 1.807) is 0 Å². The Bertz CT molecular complexity index is 723. The van der Waals surface area contributed by atoms with Crippen molar-refractivity contribution in [3.05, 3.63) is 29.8 Å². The molecule has 1 aromatic carbocycles. The van der Waals surface area contributed by atoms with Gasteiger partial charge in [-0.05, 0) is 25.1 Å². The molecule has 0 radical (unpaired) electrons. The number of rotatable bonds is 4. The van der Waals surface area contributed by atoms with Crippen molar-refractivity contribution in [2.24, 2.45) is 7.05 Å². The van der Waals surface area contributed by atoms with Gasteiger partial charge in [0.15, 0.2) is 11.9 Å². The Kier molecular flexibility index (Phi) is 4.26. The third kappa shape index (κ3) is 3.58. The van der Waals surface area contributed by atoms with Crippen molar-refractivity contribution in [2.75, 3.05) is 0 Å². The summed E-state index contributed by atoms with van der Waals surface area (Å²) in [5.74, 6) is -2.07. The Morgan fingerprint density at radius 3 is 2.52 bits per heavy atom. The fraction of sp³-hybridized carbons (Fsp3) is 0.308. The molecule has 124 valence electrons. The number of hydrogen-bond acceptors (Lipinski definition) is 4. The molecule has 2 rings (SSSR count). The zero-order valence-electron chi connectivity index (χ0n) is 11.9. The number of halogens is 4. The third-order valence-corrected chi connectivity index (χ3v) is 2.94. The van der Waals surface area contributed by atoms with Crippen LogP contribution < -0.4 is 4.74 Å². The predicted octanol–water partition coefficient (Wildman–Crippen LogP) is 2.65. The number of aromatic carboxylic acids is 1. The number of carboxylic acid groups (broad SMARTS) is 1. The molecule has 0 bridgehead atoms. The normalized spacial score (nSPS) is 13.0. The quantitative estimate of drug-likeness (QED) is 0.871. The summed E-state index contributed by atoms with van der Waals surface area (Å²) >= 11 is 0. The van der Waals surface area contributed by atoms with Crippen LogP contribution in [0.25, 0.3) is 11.4 Å². The molecular weight excluding hydrogens is 322 g/mol. The highest BCUT2D eigenvalue weighted by molar-refractivity contribution is 5.91. The van der Waals surface area contributed by atoms with Crippen LogP contribution in [0.1, 0.15) is 17.3 Å². The first-order valence-corrected chi connectivity index (χ1v) is 6.27. The molecule has 0 saturated carbocycles. The van der Waals surface area contributed by atoms with Crippen molar-refractivity contribution in [1.82, 2.24) is 14.8 Å². The minimum absolute atomic E-state index is 0.105. The molecule has 0 unspecified atom stereocenters. The number of alkyl halides is 3. The van der Waals surface area contributed by atoms with Gasteiger partial charge in [0.25, 0.3) is 0 Å². The first kappa shape index (κ1) is 16.7. The fourth-order valence-corrected chi connectivity index (χ4v) is 1.68. The SMILES string of the molecule is C[C@H](Oc1cc(-c2nc(F)n(C)n2)ccc1C(=O)O)C(F)(F)F. The van der Waals surface area contributed by atoms with E-state index in [-0.39, 0.29) is 11.4 Å². The maximum Gasteiger partial charge on any atom is 0.425 e. The molecule has 10 heteroatoms. The lowest BCUT2D eigenvalue weighted by molar-refractivity contribution is -0.189. The second kappa shape index (κ2) is 5.86. The molecular formula is C13H11F4N3O3. The van der Waals surface area contributed by atoms with Gasteiger partial charge in [-0.25, -0.2) is 9.48 Å². The number of benzene rings is 1. The molecule has 0 aliphatic rings. The summed E-state index contributed by atoms with van der Waals surface area (Å²) in [6.07, 6.45) is -7.78. The second-order valence-electron chi connectivity index (χ2n) is 4.65. The zero-order chi connectivity index (χ0) is 17.4. The molecule has 1 atom stereocenters. The van der Waals surface area contributed by atoms with Crippen LogP contribution >= 0.6 is 0 Å². The van der Waals surface area contributed by atoms with E-state index >= 15 is 0 Å². The number of aromatic nitrogens is 3. The van der Waals surface area contributed by atoms with Crippen molar-refractivity contribution >= 4 is 5.97 Å². The number of nitrogens with zero attached hydrogens (tertiary/aromatic N) is 3. The Morgan fingerprint density at radius 2 is 2.04 bits per heavy atom.